The fourth-order valence-corrected chi connectivity index (χ4v) is 1.91. The van der Waals surface area contributed by atoms with Gasteiger partial charge in [-0.25, -0.2) is 4.98 Å². The van der Waals surface area contributed by atoms with E-state index in [4.69, 9.17) is 4.74 Å². The molecule has 0 aliphatic heterocycles. The molecule has 4 heteroatoms. The second-order valence-corrected chi connectivity index (χ2v) is 4.06. The van der Waals surface area contributed by atoms with Crippen molar-refractivity contribution in [1.82, 2.24) is 9.97 Å². The molecule has 2 aromatic rings. The molecule has 0 amide bonds. The van der Waals surface area contributed by atoms with Gasteiger partial charge >= 0.3 is 0 Å². The molecule has 4 nitrogen and oxygen atoms in total. The van der Waals surface area contributed by atoms with E-state index in [-0.39, 0.29) is 5.56 Å². The minimum absolute atomic E-state index is 0.0594. The van der Waals surface area contributed by atoms with Gasteiger partial charge in [0.2, 0.25) is 0 Å². The molecule has 18 heavy (non-hydrogen) atoms. The molecular formula is C14H16N2O2. The van der Waals surface area contributed by atoms with Gasteiger partial charge in [-0.05, 0) is 37.6 Å². The first-order chi connectivity index (χ1) is 8.65. The van der Waals surface area contributed by atoms with Crippen LogP contribution in [-0.2, 0) is 6.42 Å². The summed E-state index contributed by atoms with van der Waals surface area (Å²) in [6.07, 6.45) is 0.692. The van der Waals surface area contributed by atoms with E-state index in [1.165, 1.54) is 0 Å². The Balaban J connectivity index is 2.47. The SMILES string of the molecule is CCc1c(C)nc(-c2ccc(OC)cc2)[nH]c1=O. The molecule has 0 fully saturated rings. The first-order valence-electron chi connectivity index (χ1n) is 5.90. The number of benzene rings is 1. The number of nitrogens with zero attached hydrogens (tertiary/aromatic N) is 1. The lowest BCUT2D eigenvalue weighted by molar-refractivity contribution is 0.415. The third kappa shape index (κ3) is 2.27. The van der Waals surface area contributed by atoms with Gasteiger partial charge in [0.25, 0.3) is 5.56 Å². The second kappa shape index (κ2) is 5.04. The Kier molecular flexibility index (Phi) is 3.46. The molecule has 1 aromatic heterocycles. The molecule has 94 valence electrons. The highest BCUT2D eigenvalue weighted by molar-refractivity contribution is 5.56. The summed E-state index contributed by atoms with van der Waals surface area (Å²) in [7, 11) is 1.62. The highest BCUT2D eigenvalue weighted by Crippen LogP contribution is 2.18. The fraction of sp³-hybridized carbons (Fsp3) is 0.286. The first kappa shape index (κ1) is 12.4. The van der Waals surface area contributed by atoms with Crippen LogP contribution in [-0.4, -0.2) is 17.1 Å². The van der Waals surface area contributed by atoms with Gasteiger partial charge in [0, 0.05) is 16.8 Å². The maximum absolute atomic E-state index is 11.9. The van der Waals surface area contributed by atoms with Crippen LogP contribution in [0, 0.1) is 6.92 Å². The van der Waals surface area contributed by atoms with Gasteiger partial charge in [-0.3, -0.25) is 4.79 Å². The van der Waals surface area contributed by atoms with Crippen LogP contribution in [0.25, 0.3) is 11.4 Å². The van der Waals surface area contributed by atoms with E-state index in [2.05, 4.69) is 9.97 Å². The van der Waals surface area contributed by atoms with Crippen molar-refractivity contribution in [2.75, 3.05) is 7.11 Å². The molecule has 1 N–H and O–H groups in total. The van der Waals surface area contributed by atoms with Gasteiger partial charge in [-0.15, -0.1) is 0 Å². The molecule has 0 saturated carbocycles. The minimum Gasteiger partial charge on any atom is -0.497 e. The Hall–Kier alpha value is -2.10. The maximum atomic E-state index is 11.9. The van der Waals surface area contributed by atoms with Crippen molar-refractivity contribution in [3.8, 4) is 17.1 Å². The highest BCUT2D eigenvalue weighted by Gasteiger charge is 2.07. The number of hydrogen-bond acceptors (Lipinski definition) is 3. The molecule has 0 aliphatic rings. The number of nitrogens with one attached hydrogen (secondary N) is 1. The molecule has 0 atom stereocenters. The van der Waals surface area contributed by atoms with Crippen LogP contribution in [0.15, 0.2) is 29.1 Å². The number of aryl methyl sites for hydroxylation is 1. The van der Waals surface area contributed by atoms with Crippen molar-refractivity contribution >= 4 is 0 Å². The van der Waals surface area contributed by atoms with Gasteiger partial charge < -0.3 is 9.72 Å². The summed E-state index contributed by atoms with van der Waals surface area (Å²) in [4.78, 5) is 19.1. The average molecular weight is 244 g/mol. The van der Waals surface area contributed by atoms with Crippen molar-refractivity contribution in [2.45, 2.75) is 20.3 Å². The fourth-order valence-electron chi connectivity index (χ4n) is 1.91. The number of aromatic amines is 1. The lowest BCUT2D eigenvalue weighted by atomic mass is 10.1. The van der Waals surface area contributed by atoms with E-state index in [0.29, 0.717) is 12.2 Å². The zero-order chi connectivity index (χ0) is 13.1. The Morgan fingerprint density at radius 3 is 2.44 bits per heavy atom. The zero-order valence-corrected chi connectivity index (χ0v) is 10.8. The summed E-state index contributed by atoms with van der Waals surface area (Å²) in [5.41, 5.74) is 2.34. The Labute approximate surface area is 106 Å². The Morgan fingerprint density at radius 2 is 1.94 bits per heavy atom. The molecule has 0 aliphatic carbocycles. The van der Waals surface area contributed by atoms with Crippen molar-refractivity contribution in [3.63, 3.8) is 0 Å². The van der Waals surface area contributed by atoms with Crippen LogP contribution in [0.4, 0.5) is 0 Å². The molecule has 0 bridgehead atoms. The zero-order valence-electron chi connectivity index (χ0n) is 10.8. The number of rotatable bonds is 3. The van der Waals surface area contributed by atoms with E-state index >= 15 is 0 Å². The van der Waals surface area contributed by atoms with Crippen LogP contribution in [0.2, 0.25) is 0 Å². The summed E-state index contributed by atoms with van der Waals surface area (Å²) in [6.45, 7) is 3.81. The van der Waals surface area contributed by atoms with E-state index in [0.717, 1.165) is 22.6 Å². The van der Waals surface area contributed by atoms with Crippen LogP contribution < -0.4 is 10.3 Å². The average Bonchev–Trinajstić information content (AvgIpc) is 2.38. The first-order valence-corrected chi connectivity index (χ1v) is 5.90. The summed E-state index contributed by atoms with van der Waals surface area (Å²) >= 11 is 0. The molecule has 0 unspecified atom stereocenters. The monoisotopic (exact) mass is 244 g/mol. The van der Waals surface area contributed by atoms with Crippen LogP contribution in [0.1, 0.15) is 18.2 Å². The van der Waals surface area contributed by atoms with E-state index in [1.54, 1.807) is 7.11 Å². The van der Waals surface area contributed by atoms with Crippen molar-refractivity contribution in [3.05, 3.63) is 45.9 Å². The molecule has 0 radical (unpaired) electrons. The Morgan fingerprint density at radius 1 is 1.28 bits per heavy atom. The molecule has 1 aromatic carbocycles. The molecular weight excluding hydrogens is 228 g/mol. The smallest absolute Gasteiger partial charge is 0.254 e. The number of aromatic nitrogens is 2. The normalized spacial score (nSPS) is 10.4. The van der Waals surface area contributed by atoms with Gasteiger partial charge in [-0.2, -0.15) is 0 Å². The third-order valence-electron chi connectivity index (χ3n) is 2.94. The second-order valence-electron chi connectivity index (χ2n) is 4.06. The molecule has 0 spiro atoms. The summed E-state index contributed by atoms with van der Waals surface area (Å²) in [5, 5.41) is 0. The van der Waals surface area contributed by atoms with Gasteiger partial charge in [0.05, 0.1) is 7.11 Å². The quantitative estimate of drug-likeness (QED) is 0.901. The van der Waals surface area contributed by atoms with Gasteiger partial charge in [-0.1, -0.05) is 6.92 Å². The van der Waals surface area contributed by atoms with Crippen molar-refractivity contribution in [2.24, 2.45) is 0 Å². The topological polar surface area (TPSA) is 55.0 Å². The van der Waals surface area contributed by atoms with Gasteiger partial charge in [0.15, 0.2) is 0 Å². The lowest BCUT2D eigenvalue weighted by Crippen LogP contribution is -2.16. The number of methoxy groups -OCH3 is 1. The summed E-state index contributed by atoms with van der Waals surface area (Å²) < 4.78 is 5.10. The minimum atomic E-state index is -0.0594. The molecule has 0 saturated heterocycles. The predicted molar refractivity (Wildman–Crippen MR) is 71.0 cm³/mol. The van der Waals surface area contributed by atoms with Crippen LogP contribution in [0.3, 0.4) is 0 Å². The van der Waals surface area contributed by atoms with Crippen molar-refractivity contribution < 1.29 is 4.74 Å². The van der Waals surface area contributed by atoms with Crippen LogP contribution in [0.5, 0.6) is 5.75 Å². The van der Waals surface area contributed by atoms with Crippen LogP contribution >= 0.6 is 0 Å². The van der Waals surface area contributed by atoms with E-state index in [9.17, 15) is 4.79 Å². The number of H-pyrrole nitrogens is 1. The maximum Gasteiger partial charge on any atom is 0.254 e. The van der Waals surface area contributed by atoms with E-state index in [1.807, 2.05) is 38.1 Å². The third-order valence-corrected chi connectivity index (χ3v) is 2.94. The highest BCUT2D eigenvalue weighted by atomic mass is 16.5. The summed E-state index contributed by atoms with van der Waals surface area (Å²) in [5.74, 6) is 1.38. The standard InChI is InChI=1S/C14H16N2O2/c1-4-12-9(2)15-13(16-14(12)17)10-5-7-11(18-3)8-6-10/h5-8H,4H2,1-3H3,(H,15,16,17). The number of ether oxygens (including phenoxy) is 1. The molecule has 1 heterocycles. The van der Waals surface area contributed by atoms with E-state index < -0.39 is 0 Å². The Bertz CT molecular complexity index is 600. The number of hydrogen-bond donors (Lipinski definition) is 1. The lowest BCUT2D eigenvalue weighted by Gasteiger charge is -2.06. The largest absolute Gasteiger partial charge is 0.497 e. The van der Waals surface area contributed by atoms with Crippen molar-refractivity contribution in [1.29, 1.82) is 0 Å². The summed E-state index contributed by atoms with van der Waals surface area (Å²) in [6, 6.07) is 7.45. The predicted octanol–water partition coefficient (Wildman–Crippen LogP) is 2.32. The van der Waals surface area contributed by atoms with Gasteiger partial charge in [0.1, 0.15) is 11.6 Å². The molecule has 2 rings (SSSR count).